The minimum Gasteiger partial charge on any atom is -0.377 e. The van der Waals surface area contributed by atoms with Gasteiger partial charge in [0.15, 0.2) is 0 Å². The zero-order valence-electron chi connectivity index (χ0n) is 19.8. The summed E-state index contributed by atoms with van der Waals surface area (Å²) in [5.74, 6) is 0.472. The van der Waals surface area contributed by atoms with Gasteiger partial charge in [0.25, 0.3) is 5.91 Å². The van der Waals surface area contributed by atoms with Crippen LogP contribution in [0.1, 0.15) is 79.8 Å². The molecule has 2 saturated heterocycles. The number of piperidine rings is 1. The predicted octanol–water partition coefficient (Wildman–Crippen LogP) is 3.69. The summed E-state index contributed by atoms with van der Waals surface area (Å²) in [7, 11) is 0. The first kappa shape index (κ1) is 22.6. The van der Waals surface area contributed by atoms with Gasteiger partial charge < -0.3 is 20.3 Å². The minimum atomic E-state index is -0.398. The van der Waals surface area contributed by atoms with Crippen LogP contribution in [-0.4, -0.2) is 47.6 Å². The highest BCUT2D eigenvalue weighted by molar-refractivity contribution is 6.01. The molecule has 5 rings (SSSR count). The van der Waals surface area contributed by atoms with Crippen molar-refractivity contribution >= 4 is 11.8 Å². The molecule has 1 aromatic rings. The van der Waals surface area contributed by atoms with E-state index in [9.17, 15) is 9.59 Å². The third-order valence-corrected chi connectivity index (χ3v) is 8.11. The van der Waals surface area contributed by atoms with Crippen molar-refractivity contribution in [1.82, 2.24) is 15.5 Å². The number of allylic oxidation sites excluding steroid dienone is 1. The molecule has 3 fully saturated rings. The fourth-order valence-electron chi connectivity index (χ4n) is 6.25. The highest BCUT2D eigenvalue weighted by Gasteiger charge is 2.38. The molecule has 4 aliphatic rings. The van der Waals surface area contributed by atoms with Gasteiger partial charge in [-0.1, -0.05) is 31.6 Å². The van der Waals surface area contributed by atoms with E-state index < -0.39 is 6.04 Å². The van der Waals surface area contributed by atoms with E-state index in [0.717, 1.165) is 42.7 Å². The average molecular weight is 452 g/mol. The first-order valence-corrected chi connectivity index (χ1v) is 12.8. The molecule has 6 nitrogen and oxygen atoms in total. The summed E-state index contributed by atoms with van der Waals surface area (Å²) in [6, 6.07) is 6.82. The molecule has 1 saturated carbocycles. The van der Waals surface area contributed by atoms with Crippen LogP contribution in [0.25, 0.3) is 0 Å². The molecule has 0 bridgehead atoms. The molecule has 3 aliphatic heterocycles. The normalized spacial score (nSPS) is 30.9. The van der Waals surface area contributed by atoms with E-state index in [1.807, 2.05) is 6.07 Å². The number of carbonyl (C=O) groups excluding carboxylic acids is 2. The minimum absolute atomic E-state index is 0.0215. The Bertz CT molecular complexity index is 923. The predicted molar refractivity (Wildman–Crippen MR) is 128 cm³/mol. The van der Waals surface area contributed by atoms with Gasteiger partial charge >= 0.3 is 0 Å². The van der Waals surface area contributed by atoms with Crippen LogP contribution < -0.4 is 10.6 Å². The Morgan fingerprint density at radius 1 is 1.18 bits per heavy atom. The number of rotatable bonds is 6. The van der Waals surface area contributed by atoms with Crippen LogP contribution in [0.5, 0.6) is 0 Å². The molecule has 2 unspecified atom stereocenters. The molecular formula is C27H37N3O3. The van der Waals surface area contributed by atoms with Gasteiger partial charge in [0.05, 0.1) is 6.10 Å². The average Bonchev–Trinajstić information content (AvgIpc) is 3.44. The van der Waals surface area contributed by atoms with Crippen LogP contribution in [0.4, 0.5) is 0 Å². The molecule has 178 valence electrons. The van der Waals surface area contributed by atoms with Crippen LogP contribution in [0.3, 0.4) is 0 Å². The highest BCUT2D eigenvalue weighted by atomic mass is 16.5. The van der Waals surface area contributed by atoms with E-state index in [4.69, 9.17) is 4.74 Å². The Morgan fingerprint density at radius 3 is 2.82 bits per heavy atom. The molecule has 1 aromatic carbocycles. The molecule has 1 aliphatic carbocycles. The molecular weight excluding hydrogens is 414 g/mol. The Balaban J connectivity index is 1.25. The second-order valence-electron chi connectivity index (χ2n) is 10.4. The second kappa shape index (κ2) is 9.59. The molecule has 2 N–H and O–H groups in total. The summed E-state index contributed by atoms with van der Waals surface area (Å²) in [6.07, 6.45) is 10.1. The third-order valence-electron chi connectivity index (χ3n) is 8.11. The second-order valence-corrected chi connectivity index (χ2v) is 10.4. The maximum atomic E-state index is 13.0. The van der Waals surface area contributed by atoms with E-state index >= 15 is 0 Å². The van der Waals surface area contributed by atoms with Crippen molar-refractivity contribution in [2.75, 3.05) is 6.61 Å². The lowest BCUT2D eigenvalue weighted by atomic mass is 9.80. The van der Waals surface area contributed by atoms with Crippen LogP contribution >= 0.6 is 0 Å². The Hall–Kier alpha value is -2.18. The third kappa shape index (κ3) is 4.73. The highest BCUT2D eigenvalue weighted by Crippen LogP contribution is 2.32. The van der Waals surface area contributed by atoms with Gasteiger partial charge in [-0.2, -0.15) is 0 Å². The standard InChI is InChI=1S/C27H37N3O3/c1-17-9-12-24(26(31)28-17)30-16-21-15-19(10-11-22(21)27(30)32)14-20-6-3-4-7-23(20)29-18(2)25-8-5-13-33-25/h10-11,15,18,20,23-25,29H,1,3-9,12-14,16H2,2H3,(H,28,31)/t18?,20-,23+,24?,25+/m1/s1. The molecule has 0 aromatic heterocycles. The summed E-state index contributed by atoms with van der Waals surface area (Å²) in [4.78, 5) is 27.2. The van der Waals surface area contributed by atoms with Gasteiger partial charge in [0, 0.05) is 36.5 Å². The van der Waals surface area contributed by atoms with E-state index in [2.05, 4.69) is 36.3 Å². The molecule has 0 spiro atoms. The summed E-state index contributed by atoms with van der Waals surface area (Å²) >= 11 is 0. The van der Waals surface area contributed by atoms with Crippen molar-refractivity contribution in [2.24, 2.45) is 5.92 Å². The number of hydrogen-bond acceptors (Lipinski definition) is 4. The molecule has 5 atom stereocenters. The van der Waals surface area contributed by atoms with Gasteiger partial charge in [-0.05, 0) is 75.0 Å². The van der Waals surface area contributed by atoms with Crippen LogP contribution in [0.15, 0.2) is 30.5 Å². The van der Waals surface area contributed by atoms with Crippen molar-refractivity contribution in [2.45, 2.75) is 95.5 Å². The van der Waals surface area contributed by atoms with Gasteiger partial charge in [-0.25, -0.2) is 0 Å². The van der Waals surface area contributed by atoms with Gasteiger partial charge in [0.1, 0.15) is 6.04 Å². The van der Waals surface area contributed by atoms with Crippen molar-refractivity contribution < 1.29 is 14.3 Å². The summed E-state index contributed by atoms with van der Waals surface area (Å²) in [5.41, 5.74) is 3.85. The van der Waals surface area contributed by atoms with Crippen LogP contribution in [0, 0.1) is 5.92 Å². The van der Waals surface area contributed by atoms with Crippen molar-refractivity contribution in [3.05, 3.63) is 47.2 Å². The number of amides is 2. The lowest BCUT2D eigenvalue weighted by molar-refractivity contribution is -0.126. The van der Waals surface area contributed by atoms with Gasteiger partial charge in [-0.15, -0.1) is 0 Å². The summed E-state index contributed by atoms with van der Waals surface area (Å²) in [6.45, 7) is 7.54. The SMILES string of the molecule is C=C1CCC(N2Cc3cc(C[C@H]4CCCC[C@@H]4NC(C)[C@@H]4CCCO4)ccc3C2=O)C(=O)N1. The molecule has 3 heterocycles. The zero-order chi connectivity index (χ0) is 22.9. The monoisotopic (exact) mass is 451 g/mol. The number of ether oxygens (including phenoxy) is 1. The van der Waals surface area contributed by atoms with E-state index in [0.29, 0.717) is 37.1 Å². The van der Waals surface area contributed by atoms with Crippen LogP contribution in [0.2, 0.25) is 0 Å². The maximum absolute atomic E-state index is 13.0. The lowest BCUT2D eigenvalue weighted by Crippen LogP contribution is -2.49. The van der Waals surface area contributed by atoms with E-state index in [-0.39, 0.29) is 11.8 Å². The van der Waals surface area contributed by atoms with Gasteiger partial charge in [0.2, 0.25) is 5.91 Å². The largest absolute Gasteiger partial charge is 0.377 e. The fourth-order valence-corrected chi connectivity index (χ4v) is 6.25. The van der Waals surface area contributed by atoms with Crippen molar-refractivity contribution in [3.8, 4) is 0 Å². The van der Waals surface area contributed by atoms with E-state index in [1.54, 1.807) is 4.90 Å². The maximum Gasteiger partial charge on any atom is 0.255 e. The number of carbonyl (C=O) groups is 2. The number of benzene rings is 1. The first-order valence-electron chi connectivity index (χ1n) is 12.8. The molecule has 6 heteroatoms. The van der Waals surface area contributed by atoms with Crippen molar-refractivity contribution in [3.63, 3.8) is 0 Å². The summed E-state index contributed by atoms with van der Waals surface area (Å²) < 4.78 is 5.91. The molecule has 33 heavy (non-hydrogen) atoms. The Kier molecular flexibility index (Phi) is 6.57. The number of hydrogen-bond donors (Lipinski definition) is 2. The van der Waals surface area contributed by atoms with Crippen molar-refractivity contribution in [1.29, 1.82) is 0 Å². The molecule has 0 radical (unpaired) electrons. The van der Waals surface area contributed by atoms with Gasteiger partial charge in [-0.3, -0.25) is 9.59 Å². The number of nitrogens with zero attached hydrogens (tertiary/aromatic N) is 1. The fraction of sp³-hybridized carbons (Fsp3) is 0.630. The zero-order valence-corrected chi connectivity index (χ0v) is 19.8. The van der Waals surface area contributed by atoms with E-state index in [1.165, 1.54) is 37.7 Å². The quantitative estimate of drug-likeness (QED) is 0.692. The Labute approximate surface area is 197 Å². The summed E-state index contributed by atoms with van der Waals surface area (Å²) in [5, 5.41) is 6.73. The Morgan fingerprint density at radius 2 is 2.03 bits per heavy atom. The topological polar surface area (TPSA) is 70.7 Å². The lowest BCUT2D eigenvalue weighted by Gasteiger charge is -2.36. The smallest absolute Gasteiger partial charge is 0.255 e. The van der Waals surface area contributed by atoms with Crippen LogP contribution in [-0.2, 0) is 22.5 Å². The molecule has 2 amide bonds. The number of nitrogens with one attached hydrogen (secondary N) is 2. The number of fused-ring (bicyclic) bond motifs is 1. The first-order chi connectivity index (χ1) is 16.0.